The number of halogens is 1. The average Bonchev–Trinajstić information content (AvgIpc) is 3.31. The van der Waals surface area contributed by atoms with Crippen LogP contribution < -0.4 is 4.90 Å². The summed E-state index contributed by atoms with van der Waals surface area (Å²) in [4.78, 5) is 19.3. The van der Waals surface area contributed by atoms with Gasteiger partial charge in [-0.3, -0.25) is 0 Å². The molecule has 2 aliphatic heterocycles. The van der Waals surface area contributed by atoms with Crippen molar-refractivity contribution in [1.82, 2.24) is 14.9 Å². The van der Waals surface area contributed by atoms with Gasteiger partial charge >= 0.3 is 0 Å². The Morgan fingerprint density at radius 1 is 1.15 bits per heavy atom. The average molecular weight is 498 g/mol. The van der Waals surface area contributed by atoms with Crippen LogP contribution in [0.2, 0.25) is 5.02 Å². The first-order valence-corrected chi connectivity index (χ1v) is 13.3. The SMILES string of the molecule is C=C1c2c(ccc(Sc3cnc(N4CCC5(CCCC5)CC4)cn3)c2Cl)N=CN1CC(C)OC. The van der Waals surface area contributed by atoms with Gasteiger partial charge in [-0.2, -0.15) is 0 Å². The van der Waals surface area contributed by atoms with Crippen molar-refractivity contribution < 1.29 is 4.74 Å². The van der Waals surface area contributed by atoms with Gasteiger partial charge in [-0.1, -0.05) is 42.8 Å². The van der Waals surface area contributed by atoms with Gasteiger partial charge in [0.05, 0.1) is 35.5 Å². The standard InChI is InChI=1S/C26H32ClN5OS/c1-18(33-3)16-32-17-30-20-6-7-21(25(27)24(20)19(32)2)34-23-15-28-22(14-29-23)31-12-10-26(11-13-31)8-4-5-9-26/h6-7,14-15,17-18H,2,4-5,8-13,16H2,1,3H3. The first-order valence-electron chi connectivity index (χ1n) is 12.1. The third-order valence-corrected chi connectivity index (χ3v) is 9.04. The molecule has 1 spiro atoms. The fourth-order valence-electron chi connectivity index (χ4n) is 5.33. The highest BCUT2D eigenvalue weighted by molar-refractivity contribution is 7.99. The number of nitrogens with zero attached hydrogens (tertiary/aromatic N) is 5. The molecular weight excluding hydrogens is 466 g/mol. The summed E-state index contributed by atoms with van der Waals surface area (Å²) in [5.74, 6) is 0.972. The van der Waals surface area contributed by atoms with Gasteiger partial charge < -0.3 is 14.5 Å². The highest BCUT2D eigenvalue weighted by atomic mass is 35.5. The van der Waals surface area contributed by atoms with Crippen molar-refractivity contribution in [3.8, 4) is 0 Å². The van der Waals surface area contributed by atoms with Crippen LogP contribution in [0.25, 0.3) is 5.70 Å². The van der Waals surface area contributed by atoms with Crippen LogP contribution in [0.5, 0.6) is 0 Å². The lowest BCUT2D eigenvalue weighted by Gasteiger charge is -2.39. The summed E-state index contributed by atoms with van der Waals surface area (Å²) < 4.78 is 5.40. The summed E-state index contributed by atoms with van der Waals surface area (Å²) >= 11 is 8.37. The topological polar surface area (TPSA) is 53.9 Å². The maximum atomic E-state index is 6.85. The zero-order valence-corrected chi connectivity index (χ0v) is 21.5. The number of hydrogen-bond donors (Lipinski definition) is 0. The van der Waals surface area contributed by atoms with E-state index in [9.17, 15) is 0 Å². The van der Waals surface area contributed by atoms with Crippen molar-refractivity contribution in [3.05, 3.63) is 41.7 Å². The normalized spacial score (nSPS) is 20.1. The second kappa shape index (κ2) is 9.88. The Morgan fingerprint density at radius 2 is 1.91 bits per heavy atom. The fourth-order valence-corrected chi connectivity index (χ4v) is 6.48. The molecule has 0 radical (unpaired) electrons. The lowest BCUT2D eigenvalue weighted by Crippen LogP contribution is -2.39. The van der Waals surface area contributed by atoms with Crippen LogP contribution in [0.4, 0.5) is 11.5 Å². The van der Waals surface area contributed by atoms with Crippen LogP contribution in [0.1, 0.15) is 51.0 Å². The van der Waals surface area contributed by atoms with Crippen LogP contribution in [0.15, 0.2) is 46.0 Å². The zero-order valence-electron chi connectivity index (χ0n) is 20.0. The van der Waals surface area contributed by atoms with Crippen molar-refractivity contribution in [3.63, 3.8) is 0 Å². The predicted octanol–water partition coefficient (Wildman–Crippen LogP) is 6.42. The molecule has 1 saturated heterocycles. The Bertz CT molecular complexity index is 1070. The molecule has 0 N–H and O–H groups in total. The minimum absolute atomic E-state index is 0.0541. The third-order valence-electron chi connectivity index (χ3n) is 7.55. The molecule has 2 aromatic rings. The number of aliphatic imine (C=N–C) groups is 1. The molecule has 3 aliphatic rings. The number of rotatable bonds is 6. The first-order chi connectivity index (χ1) is 16.5. The summed E-state index contributed by atoms with van der Waals surface area (Å²) in [6.07, 6.45) is 13.8. The van der Waals surface area contributed by atoms with Crippen LogP contribution in [-0.2, 0) is 4.74 Å². The minimum Gasteiger partial charge on any atom is -0.380 e. The van der Waals surface area contributed by atoms with Gasteiger partial charge in [-0.05, 0) is 50.2 Å². The van der Waals surface area contributed by atoms with Gasteiger partial charge in [0.1, 0.15) is 10.8 Å². The number of ether oxygens (including phenoxy) is 1. The van der Waals surface area contributed by atoms with Crippen molar-refractivity contribution in [2.24, 2.45) is 10.4 Å². The van der Waals surface area contributed by atoms with Crippen molar-refractivity contribution >= 4 is 46.9 Å². The van der Waals surface area contributed by atoms with E-state index in [-0.39, 0.29) is 6.10 Å². The molecule has 6 nitrogen and oxygen atoms in total. The van der Waals surface area contributed by atoms with E-state index < -0.39 is 0 Å². The molecular formula is C26H32ClN5OS. The van der Waals surface area contributed by atoms with E-state index in [2.05, 4.69) is 16.5 Å². The van der Waals surface area contributed by atoms with Gasteiger partial charge in [0, 0.05) is 42.9 Å². The molecule has 8 heteroatoms. The largest absolute Gasteiger partial charge is 0.380 e. The monoisotopic (exact) mass is 497 g/mol. The molecule has 1 unspecified atom stereocenters. The van der Waals surface area contributed by atoms with Gasteiger partial charge in [-0.25, -0.2) is 15.0 Å². The third kappa shape index (κ3) is 4.70. The lowest BCUT2D eigenvalue weighted by molar-refractivity contribution is 0.107. The van der Waals surface area contributed by atoms with Crippen LogP contribution in [-0.4, -0.2) is 54.1 Å². The quantitative estimate of drug-likeness (QED) is 0.458. The number of anilines is 1. The smallest absolute Gasteiger partial charge is 0.147 e. The number of benzene rings is 1. The number of methoxy groups -OCH3 is 1. The summed E-state index contributed by atoms with van der Waals surface area (Å²) in [5, 5.41) is 1.47. The Kier molecular flexibility index (Phi) is 6.87. The number of aromatic nitrogens is 2. The Morgan fingerprint density at radius 3 is 2.59 bits per heavy atom. The molecule has 1 atom stereocenters. The maximum absolute atomic E-state index is 6.85. The van der Waals surface area contributed by atoms with E-state index in [0.717, 1.165) is 45.8 Å². The van der Waals surface area contributed by atoms with Crippen molar-refractivity contribution in [2.75, 3.05) is 31.6 Å². The number of hydrogen-bond acceptors (Lipinski definition) is 7. The van der Waals surface area contributed by atoms with Crippen LogP contribution >= 0.6 is 23.4 Å². The van der Waals surface area contributed by atoms with Gasteiger partial charge in [0.2, 0.25) is 0 Å². The van der Waals surface area contributed by atoms with Gasteiger partial charge in [-0.15, -0.1) is 0 Å². The molecule has 3 heterocycles. The Balaban J connectivity index is 1.27. The fraction of sp³-hybridized carbons (Fsp3) is 0.500. The second-order valence-corrected chi connectivity index (χ2v) is 11.1. The van der Waals surface area contributed by atoms with E-state index in [4.69, 9.17) is 26.3 Å². The second-order valence-electron chi connectivity index (χ2n) is 9.67. The molecule has 1 saturated carbocycles. The van der Waals surface area contributed by atoms with E-state index >= 15 is 0 Å². The minimum atomic E-state index is 0.0541. The Labute approximate surface area is 211 Å². The van der Waals surface area contributed by atoms with Crippen molar-refractivity contribution in [1.29, 1.82) is 0 Å². The predicted molar refractivity (Wildman–Crippen MR) is 140 cm³/mol. The molecule has 5 rings (SSSR count). The molecule has 0 bridgehead atoms. The van der Waals surface area contributed by atoms with Gasteiger partial charge in [0.25, 0.3) is 0 Å². The van der Waals surface area contributed by atoms with Crippen LogP contribution in [0, 0.1) is 5.41 Å². The zero-order chi connectivity index (χ0) is 23.7. The molecule has 1 aromatic carbocycles. The summed E-state index contributed by atoms with van der Waals surface area (Å²) in [5.41, 5.74) is 3.12. The number of piperidine rings is 1. The summed E-state index contributed by atoms with van der Waals surface area (Å²) in [6.45, 7) is 9.12. The van der Waals surface area contributed by atoms with E-state index in [1.54, 1.807) is 13.4 Å². The summed E-state index contributed by atoms with van der Waals surface area (Å²) in [7, 11) is 1.70. The molecule has 1 aliphatic carbocycles. The number of fused-ring (bicyclic) bond motifs is 1. The first kappa shape index (κ1) is 23.6. The van der Waals surface area contributed by atoms with Crippen LogP contribution in [0.3, 0.4) is 0 Å². The van der Waals surface area contributed by atoms with E-state index in [1.165, 1.54) is 50.3 Å². The van der Waals surface area contributed by atoms with E-state index in [1.807, 2.05) is 36.4 Å². The molecule has 34 heavy (non-hydrogen) atoms. The molecule has 2 fully saturated rings. The molecule has 0 amide bonds. The molecule has 180 valence electrons. The summed E-state index contributed by atoms with van der Waals surface area (Å²) in [6, 6.07) is 3.97. The van der Waals surface area contributed by atoms with Crippen molar-refractivity contribution in [2.45, 2.75) is 61.5 Å². The highest BCUT2D eigenvalue weighted by Gasteiger charge is 2.37. The van der Waals surface area contributed by atoms with Gasteiger partial charge in [0.15, 0.2) is 0 Å². The molecule has 1 aromatic heterocycles. The maximum Gasteiger partial charge on any atom is 0.147 e. The van der Waals surface area contributed by atoms with E-state index in [0.29, 0.717) is 17.0 Å². The Hall–Kier alpha value is -2.09. The lowest BCUT2D eigenvalue weighted by atomic mass is 9.77. The highest BCUT2D eigenvalue weighted by Crippen LogP contribution is 2.47.